The molecule has 0 spiro atoms. The Kier molecular flexibility index (Phi) is 7.29. The first kappa shape index (κ1) is 19.6. The van der Waals surface area contributed by atoms with E-state index in [-0.39, 0.29) is 12.5 Å². The van der Waals surface area contributed by atoms with Gasteiger partial charge in [-0.25, -0.2) is 0 Å². The van der Waals surface area contributed by atoms with Crippen molar-refractivity contribution in [2.45, 2.75) is 13.8 Å². The van der Waals surface area contributed by atoms with Gasteiger partial charge in [0.1, 0.15) is 12.4 Å². The number of benzene rings is 2. The fourth-order valence-electron chi connectivity index (χ4n) is 2.40. The van der Waals surface area contributed by atoms with E-state index >= 15 is 0 Å². The first-order chi connectivity index (χ1) is 12.5. The average Bonchev–Trinajstić information content (AvgIpc) is 2.61. The number of hydrogen-bond donors (Lipinski definition) is 1. The molecule has 0 bridgehead atoms. The molecule has 1 amide bonds. The summed E-state index contributed by atoms with van der Waals surface area (Å²) in [5, 5.41) is 2.79. The van der Waals surface area contributed by atoms with Crippen molar-refractivity contribution in [2.75, 3.05) is 39.4 Å². The van der Waals surface area contributed by atoms with E-state index in [4.69, 9.17) is 18.9 Å². The van der Waals surface area contributed by atoms with E-state index < -0.39 is 0 Å². The first-order valence-corrected chi connectivity index (χ1v) is 8.33. The fraction of sp³-hybridized carbons (Fsp3) is 0.350. The number of nitrogens with one attached hydrogen (secondary N) is 1. The van der Waals surface area contributed by atoms with Gasteiger partial charge < -0.3 is 24.3 Å². The van der Waals surface area contributed by atoms with Gasteiger partial charge >= 0.3 is 0 Å². The minimum absolute atomic E-state index is 0.0736. The van der Waals surface area contributed by atoms with Crippen LogP contribution in [-0.2, 0) is 9.53 Å². The summed E-state index contributed by atoms with van der Waals surface area (Å²) in [5.74, 6) is 1.57. The molecule has 0 aliphatic heterocycles. The molecule has 0 radical (unpaired) electrons. The summed E-state index contributed by atoms with van der Waals surface area (Å²) in [6.45, 7) is 4.74. The van der Waals surface area contributed by atoms with Crippen LogP contribution in [0.2, 0.25) is 0 Å². The third kappa shape index (κ3) is 5.67. The van der Waals surface area contributed by atoms with Crippen molar-refractivity contribution >= 4 is 11.6 Å². The predicted molar refractivity (Wildman–Crippen MR) is 100 cm³/mol. The van der Waals surface area contributed by atoms with Gasteiger partial charge in [-0.15, -0.1) is 0 Å². The molecule has 0 saturated heterocycles. The topological polar surface area (TPSA) is 66.0 Å². The Morgan fingerprint density at radius 2 is 1.69 bits per heavy atom. The molecule has 0 aliphatic rings. The summed E-state index contributed by atoms with van der Waals surface area (Å²) in [5.41, 5.74) is 2.75. The highest BCUT2D eigenvalue weighted by molar-refractivity contribution is 5.92. The molecule has 6 heteroatoms. The lowest BCUT2D eigenvalue weighted by Gasteiger charge is -2.13. The summed E-state index contributed by atoms with van der Waals surface area (Å²) < 4.78 is 21.4. The van der Waals surface area contributed by atoms with Crippen LogP contribution in [0.5, 0.6) is 17.2 Å². The summed E-state index contributed by atoms with van der Waals surface area (Å²) in [7, 11) is 3.17. The van der Waals surface area contributed by atoms with Crippen LogP contribution in [0.15, 0.2) is 36.4 Å². The minimum Gasteiger partial charge on any atom is -0.493 e. The lowest BCUT2D eigenvalue weighted by Crippen LogP contribution is -2.20. The summed E-state index contributed by atoms with van der Waals surface area (Å²) in [4.78, 5) is 12.2. The molecule has 0 atom stereocenters. The molecule has 0 fully saturated rings. The van der Waals surface area contributed by atoms with E-state index in [0.29, 0.717) is 36.1 Å². The van der Waals surface area contributed by atoms with Crippen LogP contribution in [0.3, 0.4) is 0 Å². The van der Waals surface area contributed by atoms with Gasteiger partial charge in [0, 0.05) is 18.9 Å². The van der Waals surface area contributed by atoms with Crippen molar-refractivity contribution in [2.24, 2.45) is 0 Å². The molecule has 2 rings (SSSR count). The summed E-state index contributed by atoms with van der Waals surface area (Å²) in [6, 6.07) is 11.0. The highest BCUT2D eigenvalue weighted by Gasteiger charge is 2.10. The minimum atomic E-state index is -0.252. The molecule has 2 aromatic rings. The third-order valence-corrected chi connectivity index (χ3v) is 3.68. The number of ether oxygens (including phenoxy) is 4. The maximum Gasteiger partial charge on any atom is 0.262 e. The zero-order chi connectivity index (χ0) is 18.9. The molecule has 0 aliphatic carbocycles. The number of carbonyl (C=O) groups excluding carboxylic acids is 1. The molecule has 1 N–H and O–H groups in total. The molecule has 0 heterocycles. The molecular formula is C20H25NO5. The number of carbonyl (C=O) groups is 1. The fourth-order valence-corrected chi connectivity index (χ4v) is 2.40. The van der Waals surface area contributed by atoms with Gasteiger partial charge in [-0.3, -0.25) is 4.79 Å². The van der Waals surface area contributed by atoms with Crippen LogP contribution in [-0.4, -0.2) is 39.9 Å². The number of anilines is 1. The zero-order valence-electron chi connectivity index (χ0n) is 15.6. The largest absolute Gasteiger partial charge is 0.493 e. The van der Waals surface area contributed by atoms with E-state index in [0.717, 1.165) is 11.1 Å². The van der Waals surface area contributed by atoms with Crippen LogP contribution in [0, 0.1) is 13.8 Å². The van der Waals surface area contributed by atoms with Crippen LogP contribution in [0.4, 0.5) is 5.69 Å². The first-order valence-electron chi connectivity index (χ1n) is 8.33. The van der Waals surface area contributed by atoms with Gasteiger partial charge in [0.15, 0.2) is 18.1 Å². The number of methoxy groups -OCH3 is 2. The Hall–Kier alpha value is -2.73. The maximum absolute atomic E-state index is 12.2. The van der Waals surface area contributed by atoms with E-state index in [1.54, 1.807) is 32.4 Å². The molecule has 0 aromatic heterocycles. The van der Waals surface area contributed by atoms with Gasteiger partial charge in [-0.1, -0.05) is 17.7 Å². The smallest absolute Gasteiger partial charge is 0.262 e. The normalized spacial score (nSPS) is 10.3. The van der Waals surface area contributed by atoms with E-state index in [1.807, 2.05) is 32.0 Å². The van der Waals surface area contributed by atoms with Crippen LogP contribution in [0.25, 0.3) is 0 Å². The maximum atomic E-state index is 12.2. The van der Waals surface area contributed by atoms with Crippen molar-refractivity contribution in [3.05, 3.63) is 47.5 Å². The van der Waals surface area contributed by atoms with Gasteiger partial charge in [0.2, 0.25) is 0 Å². The van der Waals surface area contributed by atoms with Crippen molar-refractivity contribution < 1.29 is 23.7 Å². The van der Waals surface area contributed by atoms with Crippen molar-refractivity contribution in [1.29, 1.82) is 0 Å². The number of aryl methyl sites for hydroxylation is 2. The molecule has 6 nitrogen and oxygen atoms in total. The number of amides is 1. The number of hydrogen-bond acceptors (Lipinski definition) is 5. The molecular weight excluding hydrogens is 334 g/mol. The third-order valence-electron chi connectivity index (χ3n) is 3.68. The highest BCUT2D eigenvalue weighted by atomic mass is 16.5. The Morgan fingerprint density at radius 1 is 0.923 bits per heavy atom. The van der Waals surface area contributed by atoms with E-state index in [1.165, 1.54) is 0 Å². The molecule has 2 aromatic carbocycles. The van der Waals surface area contributed by atoms with Crippen molar-refractivity contribution in [1.82, 2.24) is 0 Å². The van der Waals surface area contributed by atoms with Gasteiger partial charge in [0.25, 0.3) is 5.91 Å². The number of rotatable bonds is 9. The predicted octanol–water partition coefficient (Wildman–Crippen LogP) is 3.35. The Bertz CT molecular complexity index is 745. The van der Waals surface area contributed by atoms with Gasteiger partial charge in [-0.05, 0) is 37.6 Å². The second-order valence-electron chi connectivity index (χ2n) is 5.81. The SMILES string of the molecule is COCCOc1cc(NC(=O)COc2ccc(C)cc2C)ccc1OC. The lowest BCUT2D eigenvalue weighted by molar-refractivity contribution is -0.118. The van der Waals surface area contributed by atoms with Crippen LogP contribution < -0.4 is 19.5 Å². The van der Waals surface area contributed by atoms with Crippen LogP contribution in [0.1, 0.15) is 11.1 Å². The van der Waals surface area contributed by atoms with Gasteiger partial charge in [0.05, 0.1) is 13.7 Å². The Balaban J connectivity index is 1.96. The Labute approximate surface area is 154 Å². The molecule has 0 unspecified atom stereocenters. The molecule has 0 saturated carbocycles. The molecule has 26 heavy (non-hydrogen) atoms. The average molecular weight is 359 g/mol. The monoisotopic (exact) mass is 359 g/mol. The van der Waals surface area contributed by atoms with E-state index in [2.05, 4.69) is 5.32 Å². The van der Waals surface area contributed by atoms with Gasteiger partial charge in [-0.2, -0.15) is 0 Å². The Morgan fingerprint density at radius 3 is 2.38 bits per heavy atom. The van der Waals surface area contributed by atoms with Crippen molar-refractivity contribution in [3.8, 4) is 17.2 Å². The summed E-state index contributed by atoms with van der Waals surface area (Å²) in [6.07, 6.45) is 0. The molecule has 140 valence electrons. The summed E-state index contributed by atoms with van der Waals surface area (Å²) >= 11 is 0. The quantitative estimate of drug-likeness (QED) is 0.696. The van der Waals surface area contributed by atoms with Crippen LogP contribution >= 0.6 is 0 Å². The second-order valence-corrected chi connectivity index (χ2v) is 5.81. The van der Waals surface area contributed by atoms with E-state index in [9.17, 15) is 4.79 Å². The zero-order valence-corrected chi connectivity index (χ0v) is 15.6. The highest BCUT2D eigenvalue weighted by Crippen LogP contribution is 2.30. The standard InChI is InChI=1S/C20H25NO5/c1-14-5-7-17(15(2)11-14)26-13-20(22)21-16-6-8-18(24-4)19(12-16)25-10-9-23-3/h5-8,11-12H,9-10,13H2,1-4H3,(H,21,22). The lowest BCUT2D eigenvalue weighted by atomic mass is 10.1. The second kappa shape index (κ2) is 9.68. The van der Waals surface area contributed by atoms with Crippen molar-refractivity contribution in [3.63, 3.8) is 0 Å².